The van der Waals surface area contributed by atoms with Gasteiger partial charge < -0.3 is 22.1 Å². The van der Waals surface area contributed by atoms with Crippen LogP contribution < -0.4 is 11.5 Å². The first-order valence-corrected chi connectivity index (χ1v) is 5.25. The van der Waals surface area contributed by atoms with Gasteiger partial charge in [-0.2, -0.15) is 0 Å². The molecule has 92 valence electrons. The number of nitrogens with zero attached hydrogens (tertiary/aromatic N) is 2. The molecule has 4 nitrogen and oxygen atoms in total. The summed E-state index contributed by atoms with van der Waals surface area (Å²) in [5.74, 6) is 0. The molecule has 0 aromatic heterocycles. The summed E-state index contributed by atoms with van der Waals surface area (Å²) < 4.78 is 0. The first-order valence-electron chi connectivity index (χ1n) is 5.25. The van der Waals surface area contributed by atoms with Crippen LogP contribution in [-0.2, 0) is 22.4 Å². The van der Waals surface area contributed by atoms with E-state index in [1.54, 1.807) is 0 Å². The normalized spacial score (nSPS) is 21.8. The van der Waals surface area contributed by atoms with Crippen molar-refractivity contribution in [1.29, 1.82) is 0 Å². The minimum absolute atomic E-state index is 0. The summed E-state index contributed by atoms with van der Waals surface area (Å²) in [6.07, 6.45) is 5.11. The Kier molecular flexibility index (Phi) is 9.49. The second kappa shape index (κ2) is 9.39. The van der Waals surface area contributed by atoms with Gasteiger partial charge in [-0.15, -0.1) is 26.2 Å². The molecule has 4 N–H and O–H groups in total. The average molecular weight is 304 g/mol. The van der Waals surface area contributed by atoms with Crippen LogP contribution in [0.2, 0.25) is 0 Å². The Morgan fingerprint density at radius 3 is 2.07 bits per heavy atom. The molecular weight excluding hydrogens is 284 g/mol. The molecular formula is C10H20AgN4-. The molecule has 0 atom stereocenters. The number of hydrogen-bond acceptors (Lipinski definition) is 2. The smallest absolute Gasteiger partial charge is 0.662 e. The third kappa shape index (κ3) is 8.02. The third-order valence-corrected chi connectivity index (χ3v) is 2.36. The fourth-order valence-electron chi connectivity index (χ4n) is 1.35. The van der Waals surface area contributed by atoms with Gasteiger partial charge in [0, 0.05) is 11.7 Å². The Labute approximate surface area is 108 Å². The molecule has 2 heterocycles. The molecule has 1 fully saturated rings. The Hall–Kier alpha value is 0.160. The predicted molar refractivity (Wildman–Crippen MR) is 60.3 cm³/mol. The van der Waals surface area contributed by atoms with Crippen LogP contribution >= 0.6 is 0 Å². The van der Waals surface area contributed by atoms with Crippen molar-refractivity contribution < 1.29 is 22.4 Å². The molecule has 0 unspecified atom stereocenters. The summed E-state index contributed by atoms with van der Waals surface area (Å²) in [5.41, 5.74) is 12.0. The molecule has 2 rings (SSSR count). The van der Waals surface area contributed by atoms with E-state index >= 15 is 0 Å². The molecule has 0 aromatic rings. The predicted octanol–water partition coefficient (Wildman–Crippen LogP) is 1.09. The zero-order valence-electron chi connectivity index (χ0n) is 8.96. The quantitative estimate of drug-likeness (QED) is 0.657. The summed E-state index contributed by atoms with van der Waals surface area (Å²) in [6, 6.07) is 0.442. The van der Waals surface area contributed by atoms with Gasteiger partial charge in [-0.3, -0.25) is 0 Å². The first-order chi connectivity index (χ1) is 6.79. The van der Waals surface area contributed by atoms with Gasteiger partial charge in [0.25, 0.3) is 0 Å². The molecule has 2 aliphatic heterocycles. The molecule has 0 amide bonds. The van der Waals surface area contributed by atoms with Gasteiger partial charge in [-0.05, 0) is 6.42 Å². The third-order valence-electron chi connectivity index (χ3n) is 2.36. The van der Waals surface area contributed by atoms with Crippen LogP contribution in [0.1, 0.15) is 19.3 Å². The molecule has 1 saturated heterocycles. The Morgan fingerprint density at radius 1 is 1.13 bits per heavy atom. The van der Waals surface area contributed by atoms with E-state index in [4.69, 9.17) is 11.5 Å². The Morgan fingerprint density at radius 2 is 1.80 bits per heavy atom. The summed E-state index contributed by atoms with van der Waals surface area (Å²) in [7, 11) is 0. The van der Waals surface area contributed by atoms with Crippen LogP contribution in [0, 0.1) is 0 Å². The molecule has 0 spiro atoms. The zero-order chi connectivity index (χ0) is 10.2. The Balaban J connectivity index is 0.000000245. The van der Waals surface area contributed by atoms with E-state index in [-0.39, 0.29) is 22.4 Å². The minimum atomic E-state index is 0. The van der Waals surface area contributed by atoms with Crippen LogP contribution in [-0.4, -0.2) is 32.2 Å². The van der Waals surface area contributed by atoms with Gasteiger partial charge >= 0.3 is 22.4 Å². The topological polar surface area (TPSA) is 80.2 Å². The van der Waals surface area contributed by atoms with Crippen LogP contribution in [0.3, 0.4) is 0 Å². The fourth-order valence-corrected chi connectivity index (χ4v) is 1.35. The monoisotopic (exact) mass is 303 g/mol. The van der Waals surface area contributed by atoms with Gasteiger partial charge in [-0.25, -0.2) is 0 Å². The fraction of sp³-hybridized carbons (Fsp3) is 0.800. The van der Waals surface area contributed by atoms with Crippen LogP contribution in [0.15, 0.2) is 11.8 Å². The SMILES string of the molecule is NC1=CC[N-]CC1.NC1CC[N-]CC1.[Ag+]. The van der Waals surface area contributed by atoms with Crippen LogP contribution in [0.25, 0.3) is 10.6 Å². The average Bonchev–Trinajstić information content (AvgIpc) is 2.21. The number of piperidine rings is 1. The van der Waals surface area contributed by atoms with Crippen molar-refractivity contribution >= 4 is 0 Å². The molecule has 0 saturated carbocycles. The van der Waals surface area contributed by atoms with Gasteiger partial charge in [0.05, 0.1) is 0 Å². The summed E-state index contributed by atoms with van der Waals surface area (Å²) >= 11 is 0. The van der Waals surface area contributed by atoms with Crippen molar-refractivity contribution in [1.82, 2.24) is 0 Å². The van der Waals surface area contributed by atoms with Crippen molar-refractivity contribution in [2.24, 2.45) is 11.5 Å². The number of nitrogens with two attached hydrogens (primary N) is 2. The molecule has 0 aliphatic carbocycles. The van der Waals surface area contributed by atoms with Gasteiger partial charge in [0.15, 0.2) is 0 Å². The first kappa shape index (κ1) is 15.2. The molecule has 0 radical (unpaired) electrons. The van der Waals surface area contributed by atoms with Crippen LogP contribution in [0.4, 0.5) is 0 Å². The van der Waals surface area contributed by atoms with E-state index in [9.17, 15) is 0 Å². The van der Waals surface area contributed by atoms with Crippen molar-refractivity contribution in [2.75, 3.05) is 26.2 Å². The van der Waals surface area contributed by atoms with Crippen molar-refractivity contribution in [3.8, 4) is 0 Å². The molecule has 15 heavy (non-hydrogen) atoms. The zero-order valence-corrected chi connectivity index (χ0v) is 10.4. The van der Waals surface area contributed by atoms with Crippen molar-refractivity contribution in [3.05, 3.63) is 22.4 Å². The summed E-state index contributed by atoms with van der Waals surface area (Å²) in [4.78, 5) is 0. The van der Waals surface area contributed by atoms with Gasteiger partial charge in [-0.1, -0.05) is 18.9 Å². The van der Waals surface area contributed by atoms with E-state index < -0.39 is 0 Å². The largest absolute Gasteiger partial charge is 1.00 e. The summed E-state index contributed by atoms with van der Waals surface area (Å²) in [5, 5.41) is 8.22. The van der Waals surface area contributed by atoms with Gasteiger partial charge in [0.1, 0.15) is 0 Å². The van der Waals surface area contributed by atoms with Crippen molar-refractivity contribution in [3.63, 3.8) is 0 Å². The molecule has 5 heteroatoms. The maximum absolute atomic E-state index is 5.57. The van der Waals surface area contributed by atoms with E-state index in [1.165, 1.54) is 0 Å². The maximum Gasteiger partial charge on any atom is 1.00 e. The Bertz CT molecular complexity index is 178. The standard InChI is InChI=1S/C5H11N2.C5H9N2.Ag/c2*6-5-1-3-7-4-2-5;/h5H,1-4,6H2;1H,2-4,6H2;/q2*-1;+1. The van der Waals surface area contributed by atoms with Crippen molar-refractivity contribution in [2.45, 2.75) is 25.3 Å². The van der Waals surface area contributed by atoms with Crippen LogP contribution in [0.5, 0.6) is 0 Å². The summed E-state index contributed by atoms with van der Waals surface area (Å²) in [6.45, 7) is 3.72. The second-order valence-corrected chi connectivity index (χ2v) is 3.67. The minimum Gasteiger partial charge on any atom is -0.662 e. The number of hydrogen-bond donors (Lipinski definition) is 2. The van der Waals surface area contributed by atoms with E-state index in [1.807, 2.05) is 6.08 Å². The number of rotatable bonds is 0. The van der Waals surface area contributed by atoms with Gasteiger partial charge in [0.2, 0.25) is 0 Å². The molecule has 2 aliphatic rings. The van der Waals surface area contributed by atoms with E-state index in [2.05, 4.69) is 10.6 Å². The van der Waals surface area contributed by atoms with E-state index in [0.29, 0.717) is 6.04 Å². The second-order valence-electron chi connectivity index (χ2n) is 3.67. The molecule has 0 bridgehead atoms. The van der Waals surface area contributed by atoms with E-state index in [0.717, 1.165) is 51.1 Å². The maximum atomic E-state index is 5.57. The molecule has 0 aromatic carbocycles.